The normalized spacial score (nSPS) is 32.4. The lowest BCUT2D eigenvalue weighted by Gasteiger charge is -2.27. The van der Waals surface area contributed by atoms with Gasteiger partial charge in [0.1, 0.15) is 0 Å². The maximum absolute atomic E-state index is 12.9. The molecule has 5 heteroatoms. The number of carboxylic acids is 1. The molecule has 1 heterocycles. The zero-order valence-electron chi connectivity index (χ0n) is 12.5. The van der Waals surface area contributed by atoms with Gasteiger partial charge in [0, 0.05) is 0 Å². The molecule has 1 aromatic rings. The Morgan fingerprint density at radius 3 is 2.17 bits per heavy atom. The van der Waals surface area contributed by atoms with Crippen LogP contribution in [0.3, 0.4) is 0 Å². The van der Waals surface area contributed by atoms with Gasteiger partial charge in [-0.05, 0) is 23.8 Å². The van der Waals surface area contributed by atoms with Gasteiger partial charge in [-0.15, -0.1) is 0 Å². The Bertz CT molecular complexity index is 681. The van der Waals surface area contributed by atoms with Crippen molar-refractivity contribution in [1.82, 2.24) is 4.90 Å². The fourth-order valence-corrected chi connectivity index (χ4v) is 4.43. The second-order valence-electron chi connectivity index (χ2n) is 6.57. The van der Waals surface area contributed by atoms with Gasteiger partial charge in [0.2, 0.25) is 11.8 Å². The summed E-state index contributed by atoms with van der Waals surface area (Å²) in [7, 11) is 0. The number of carbonyl (C=O) groups is 3. The van der Waals surface area contributed by atoms with Crippen LogP contribution in [0.4, 0.5) is 0 Å². The number of likely N-dealkylation sites (tertiary alicyclic amines) is 1. The minimum atomic E-state index is -1.02. The van der Waals surface area contributed by atoms with Gasteiger partial charge in [0.25, 0.3) is 0 Å². The van der Waals surface area contributed by atoms with Crippen LogP contribution in [0, 0.1) is 23.7 Å². The number of aliphatic carboxylic acids is 1. The predicted octanol–water partition coefficient (Wildman–Crippen LogP) is 2.01. The topological polar surface area (TPSA) is 74.7 Å². The number of nitrogens with zero attached hydrogens (tertiary/aromatic N) is 1. The van der Waals surface area contributed by atoms with Crippen LogP contribution in [0.1, 0.15) is 24.4 Å². The average molecular weight is 311 g/mol. The molecule has 2 aliphatic carbocycles. The summed E-state index contributed by atoms with van der Waals surface area (Å²) < 4.78 is 0. The Labute approximate surface area is 133 Å². The smallest absolute Gasteiger partial charge is 0.305 e. The highest BCUT2D eigenvalue weighted by molar-refractivity contribution is 6.07. The molecule has 1 aromatic carbocycles. The van der Waals surface area contributed by atoms with E-state index >= 15 is 0 Å². The van der Waals surface area contributed by atoms with Crippen LogP contribution in [0.25, 0.3) is 0 Å². The quantitative estimate of drug-likeness (QED) is 0.682. The van der Waals surface area contributed by atoms with Crippen LogP contribution in [0.5, 0.6) is 0 Å². The summed E-state index contributed by atoms with van der Waals surface area (Å²) in [4.78, 5) is 38.2. The zero-order valence-corrected chi connectivity index (χ0v) is 12.5. The lowest BCUT2D eigenvalue weighted by Crippen LogP contribution is -2.37. The molecular weight excluding hydrogens is 294 g/mol. The summed E-state index contributed by atoms with van der Waals surface area (Å²) in [5, 5.41) is 9.24. The van der Waals surface area contributed by atoms with Crippen molar-refractivity contribution in [1.29, 1.82) is 0 Å². The highest BCUT2D eigenvalue weighted by atomic mass is 16.4. The van der Waals surface area contributed by atoms with Gasteiger partial charge >= 0.3 is 5.97 Å². The van der Waals surface area contributed by atoms with Crippen molar-refractivity contribution >= 4 is 17.8 Å². The summed E-state index contributed by atoms with van der Waals surface area (Å²) >= 11 is 0. The third kappa shape index (κ3) is 2.03. The van der Waals surface area contributed by atoms with E-state index in [1.54, 1.807) is 24.3 Å². The van der Waals surface area contributed by atoms with Crippen LogP contribution in [0.2, 0.25) is 0 Å². The fraction of sp³-hybridized carbons (Fsp3) is 0.389. The number of fused-ring (bicyclic) bond motifs is 5. The van der Waals surface area contributed by atoms with Crippen molar-refractivity contribution in [2.24, 2.45) is 23.7 Å². The van der Waals surface area contributed by atoms with Gasteiger partial charge in [0.05, 0.1) is 24.3 Å². The van der Waals surface area contributed by atoms with Crippen molar-refractivity contribution in [3.8, 4) is 0 Å². The van der Waals surface area contributed by atoms with Gasteiger partial charge in [0.15, 0.2) is 0 Å². The number of benzene rings is 1. The van der Waals surface area contributed by atoms with E-state index in [2.05, 4.69) is 0 Å². The van der Waals surface area contributed by atoms with Gasteiger partial charge in [-0.1, -0.05) is 42.5 Å². The number of rotatable bonds is 4. The third-order valence-corrected chi connectivity index (χ3v) is 5.37. The molecule has 1 saturated heterocycles. The number of amides is 2. The van der Waals surface area contributed by atoms with Gasteiger partial charge < -0.3 is 5.11 Å². The van der Waals surface area contributed by atoms with Crippen LogP contribution < -0.4 is 0 Å². The van der Waals surface area contributed by atoms with Crippen molar-refractivity contribution in [2.75, 3.05) is 0 Å². The summed E-state index contributed by atoms with van der Waals surface area (Å²) in [5.74, 6) is -1.74. The number of hydrogen-bond donors (Lipinski definition) is 1. The molecule has 2 amide bonds. The molecule has 0 spiro atoms. The van der Waals surface area contributed by atoms with Crippen LogP contribution in [0.15, 0.2) is 42.5 Å². The number of carboxylic acid groups (broad SMARTS) is 1. The van der Waals surface area contributed by atoms with E-state index in [0.29, 0.717) is 5.56 Å². The Morgan fingerprint density at radius 1 is 1.09 bits per heavy atom. The maximum Gasteiger partial charge on any atom is 0.305 e. The van der Waals surface area contributed by atoms with Crippen molar-refractivity contribution in [3.63, 3.8) is 0 Å². The molecule has 1 aliphatic heterocycles. The molecular formula is C18H17NO4. The summed E-state index contributed by atoms with van der Waals surface area (Å²) in [6.45, 7) is 0. The monoisotopic (exact) mass is 311 g/mol. The summed E-state index contributed by atoms with van der Waals surface area (Å²) in [6.07, 6.45) is 4.68. The zero-order chi connectivity index (χ0) is 16.1. The molecule has 0 radical (unpaired) electrons. The molecule has 2 bridgehead atoms. The van der Waals surface area contributed by atoms with Gasteiger partial charge in [-0.2, -0.15) is 0 Å². The minimum Gasteiger partial charge on any atom is -0.481 e. The lowest BCUT2D eigenvalue weighted by molar-refractivity contribution is -0.146. The molecule has 23 heavy (non-hydrogen) atoms. The first-order valence-corrected chi connectivity index (χ1v) is 7.90. The van der Waals surface area contributed by atoms with Crippen molar-refractivity contribution < 1.29 is 19.5 Å². The highest BCUT2D eigenvalue weighted by Gasteiger charge is 2.60. The molecule has 2 fully saturated rings. The molecule has 3 aliphatic rings. The number of hydrogen-bond acceptors (Lipinski definition) is 3. The highest BCUT2D eigenvalue weighted by Crippen LogP contribution is 2.54. The molecule has 4 rings (SSSR count). The fourth-order valence-electron chi connectivity index (χ4n) is 4.43. The molecule has 1 saturated carbocycles. The first-order valence-electron chi connectivity index (χ1n) is 7.90. The standard InChI is InChI=1S/C18H17NO4/c20-14(21)9-13(10-4-2-1-3-5-10)19-17(22)15-11-6-7-12(8-11)16(15)18(19)23/h1-7,11-13,15-16H,8-9H2,(H,20,21)/t11-,12-,13+,15-,16+/m0/s1. The van der Waals surface area contributed by atoms with E-state index in [1.165, 1.54) is 4.90 Å². The van der Waals surface area contributed by atoms with E-state index < -0.39 is 12.0 Å². The largest absolute Gasteiger partial charge is 0.481 e. The Hall–Kier alpha value is -2.43. The van der Waals surface area contributed by atoms with Crippen molar-refractivity contribution in [2.45, 2.75) is 18.9 Å². The van der Waals surface area contributed by atoms with E-state index in [-0.39, 0.29) is 41.9 Å². The third-order valence-electron chi connectivity index (χ3n) is 5.37. The number of imide groups is 1. The number of carbonyl (C=O) groups excluding carboxylic acids is 2. The molecule has 5 nitrogen and oxygen atoms in total. The Morgan fingerprint density at radius 2 is 1.65 bits per heavy atom. The minimum absolute atomic E-state index is 0.132. The molecule has 0 unspecified atom stereocenters. The van der Waals surface area contributed by atoms with E-state index in [0.717, 1.165) is 6.42 Å². The predicted molar refractivity (Wildman–Crippen MR) is 81.0 cm³/mol. The van der Waals surface area contributed by atoms with Crippen LogP contribution >= 0.6 is 0 Å². The molecule has 1 N–H and O–H groups in total. The molecule has 118 valence electrons. The van der Waals surface area contributed by atoms with E-state index in [9.17, 15) is 19.5 Å². The second kappa shape index (κ2) is 5.05. The molecule has 5 atom stereocenters. The maximum atomic E-state index is 12.9. The van der Waals surface area contributed by atoms with Crippen LogP contribution in [-0.2, 0) is 14.4 Å². The molecule has 0 aromatic heterocycles. The van der Waals surface area contributed by atoms with Crippen LogP contribution in [-0.4, -0.2) is 27.8 Å². The van der Waals surface area contributed by atoms with Crippen molar-refractivity contribution in [3.05, 3.63) is 48.0 Å². The summed E-state index contributed by atoms with van der Waals surface area (Å²) in [5.41, 5.74) is 0.692. The van der Waals surface area contributed by atoms with Gasteiger partial charge in [-0.25, -0.2) is 0 Å². The Kier molecular flexibility index (Phi) is 3.11. The van der Waals surface area contributed by atoms with Gasteiger partial charge in [-0.3, -0.25) is 19.3 Å². The SMILES string of the molecule is O=C(O)C[C@H](c1ccccc1)N1C(=O)[C@@H]2[C@H](C1=O)[C@H]1C=C[C@H]2C1. The number of allylic oxidation sites excluding steroid dienone is 2. The lowest BCUT2D eigenvalue weighted by atomic mass is 9.85. The van der Waals surface area contributed by atoms with E-state index in [1.807, 2.05) is 18.2 Å². The summed E-state index contributed by atoms with van der Waals surface area (Å²) in [6, 6.07) is 8.24. The Balaban J connectivity index is 1.71. The first kappa shape index (κ1) is 14.2. The first-order chi connectivity index (χ1) is 11.1. The van der Waals surface area contributed by atoms with E-state index in [4.69, 9.17) is 0 Å². The average Bonchev–Trinajstić information content (AvgIpc) is 3.20. The second-order valence-corrected chi connectivity index (χ2v) is 6.57.